The quantitative estimate of drug-likeness (QED) is 0.703. The van der Waals surface area contributed by atoms with E-state index in [4.69, 9.17) is 12.2 Å². The first-order valence-corrected chi connectivity index (χ1v) is 9.91. The van der Waals surface area contributed by atoms with Gasteiger partial charge in [0.05, 0.1) is 12.1 Å². The van der Waals surface area contributed by atoms with Crippen molar-refractivity contribution in [2.75, 3.05) is 5.32 Å². The molecular weight excluding hydrogens is 364 g/mol. The van der Waals surface area contributed by atoms with Crippen LogP contribution in [0.4, 0.5) is 14.5 Å². The first-order valence-electron chi connectivity index (χ1n) is 9.50. The molecule has 0 aromatic heterocycles. The van der Waals surface area contributed by atoms with Gasteiger partial charge in [0.1, 0.15) is 18.2 Å². The Morgan fingerprint density at radius 1 is 0.926 bits per heavy atom. The molecule has 142 valence electrons. The van der Waals surface area contributed by atoms with Gasteiger partial charge in [-0.05, 0) is 48.6 Å². The van der Waals surface area contributed by atoms with Gasteiger partial charge in [0.2, 0.25) is 0 Å². The first-order chi connectivity index (χ1) is 13.1. The molecule has 3 N–H and O–H groups in total. The SMILES string of the molecule is Fc1ccc(C[NH+]2[C@@H]3CC[C@H]2CC(NC(=S)Nc2ccc(F)cc2)C3)cc1. The third-order valence-corrected chi connectivity index (χ3v) is 6.03. The zero-order chi connectivity index (χ0) is 18.8. The van der Waals surface area contributed by atoms with E-state index in [1.807, 2.05) is 12.1 Å². The highest BCUT2D eigenvalue weighted by Crippen LogP contribution is 2.24. The van der Waals surface area contributed by atoms with Crippen molar-refractivity contribution in [3.8, 4) is 0 Å². The largest absolute Gasteiger partial charge is 0.359 e. The van der Waals surface area contributed by atoms with E-state index in [0.717, 1.165) is 25.1 Å². The molecule has 2 unspecified atom stereocenters. The number of rotatable bonds is 4. The number of benzene rings is 2. The minimum absolute atomic E-state index is 0.179. The number of nitrogens with one attached hydrogen (secondary N) is 3. The summed E-state index contributed by atoms with van der Waals surface area (Å²) in [5.74, 6) is -0.436. The number of hydrogen-bond donors (Lipinski definition) is 3. The maximum Gasteiger partial charge on any atom is 0.171 e. The van der Waals surface area contributed by atoms with Crippen molar-refractivity contribution < 1.29 is 13.7 Å². The average Bonchev–Trinajstić information content (AvgIpc) is 2.87. The van der Waals surface area contributed by atoms with Crippen LogP contribution in [0.1, 0.15) is 31.2 Å². The summed E-state index contributed by atoms with van der Waals surface area (Å²) in [5.41, 5.74) is 1.99. The number of anilines is 1. The molecular formula is C21H24F2N3S+. The summed E-state index contributed by atoms with van der Waals surface area (Å²) in [6.45, 7) is 0.959. The lowest BCUT2D eigenvalue weighted by Gasteiger charge is -2.36. The number of halogens is 2. The maximum atomic E-state index is 13.1. The van der Waals surface area contributed by atoms with Crippen LogP contribution in [0.25, 0.3) is 0 Å². The Bertz CT molecular complexity index is 780. The first kappa shape index (κ1) is 18.3. The summed E-state index contributed by atoms with van der Waals surface area (Å²) in [5, 5.41) is 7.16. The van der Waals surface area contributed by atoms with Crippen LogP contribution in [0.2, 0.25) is 0 Å². The zero-order valence-corrected chi connectivity index (χ0v) is 15.9. The van der Waals surface area contributed by atoms with Crippen molar-refractivity contribution in [1.29, 1.82) is 0 Å². The zero-order valence-electron chi connectivity index (χ0n) is 15.1. The average molecular weight is 389 g/mol. The molecule has 2 bridgehead atoms. The van der Waals surface area contributed by atoms with Gasteiger partial charge in [0.25, 0.3) is 0 Å². The van der Waals surface area contributed by atoms with Gasteiger partial charge in [-0.3, -0.25) is 0 Å². The molecule has 2 aromatic carbocycles. The third kappa shape index (κ3) is 4.45. The van der Waals surface area contributed by atoms with Gasteiger partial charge in [0.15, 0.2) is 5.11 Å². The van der Waals surface area contributed by atoms with E-state index < -0.39 is 0 Å². The molecule has 2 aromatic rings. The lowest BCUT2D eigenvalue weighted by molar-refractivity contribution is -0.954. The molecule has 0 amide bonds. The number of thiocarbonyl (C=S) groups is 1. The maximum absolute atomic E-state index is 13.1. The van der Waals surface area contributed by atoms with Crippen LogP contribution in [-0.2, 0) is 6.54 Å². The van der Waals surface area contributed by atoms with Crippen LogP contribution < -0.4 is 15.5 Å². The van der Waals surface area contributed by atoms with E-state index in [9.17, 15) is 8.78 Å². The second-order valence-electron chi connectivity index (χ2n) is 7.62. The van der Waals surface area contributed by atoms with Crippen LogP contribution >= 0.6 is 12.2 Å². The highest BCUT2D eigenvalue weighted by Gasteiger charge is 2.44. The molecule has 3 nitrogen and oxygen atoms in total. The number of piperidine rings is 1. The summed E-state index contributed by atoms with van der Waals surface area (Å²) >= 11 is 5.44. The fraction of sp³-hybridized carbons (Fsp3) is 0.381. The van der Waals surface area contributed by atoms with Crippen LogP contribution in [0.15, 0.2) is 48.5 Å². The lowest BCUT2D eigenvalue weighted by atomic mass is 9.96. The second-order valence-corrected chi connectivity index (χ2v) is 8.03. The van der Waals surface area contributed by atoms with E-state index in [-0.39, 0.29) is 11.6 Å². The highest BCUT2D eigenvalue weighted by molar-refractivity contribution is 7.80. The van der Waals surface area contributed by atoms with Gasteiger partial charge in [-0.1, -0.05) is 12.1 Å². The molecule has 2 aliphatic heterocycles. The molecule has 4 rings (SSSR count). The molecule has 0 radical (unpaired) electrons. The Balaban J connectivity index is 1.32. The molecule has 4 atom stereocenters. The molecule has 6 heteroatoms. The van der Waals surface area contributed by atoms with Crippen LogP contribution in [0.5, 0.6) is 0 Å². The molecule has 2 aliphatic rings. The Kier molecular flexibility index (Phi) is 5.36. The topological polar surface area (TPSA) is 28.5 Å². The molecule has 0 spiro atoms. The van der Waals surface area contributed by atoms with Crippen LogP contribution in [0.3, 0.4) is 0 Å². The summed E-state index contributed by atoms with van der Waals surface area (Å²) in [7, 11) is 0. The predicted octanol–water partition coefficient (Wildman–Crippen LogP) is 3.03. The van der Waals surface area contributed by atoms with Crippen molar-refractivity contribution in [2.24, 2.45) is 0 Å². The summed E-state index contributed by atoms with van der Waals surface area (Å²) in [6.07, 6.45) is 4.63. The molecule has 27 heavy (non-hydrogen) atoms. The number of fused-ring (bicyclic) bond motifs is 2. The monoisotopic (exact) mass is 388 g/mol. The van der Waals surface area contributed by atoms with Gasteiger partial charge in [0, 0.05) is 43.0 Å². The van der Waals surface area contributed by atoms with Crippen molar-refractivity contribution in [1.82, 2.24) is 5.32 Å². The molecule has 2 fully saturated rings. The minimum atomic E-state index is -0.257. The molecule has 0 saturated carbocycles. The Morgan fingerprint density at radius 2 is 1.48 bits per heavy atom. The third-order valence-electron chi connectivity index (χ3n) is 5.81. The van der Waals surface area contributed by atoms with E-state index in [0.29, 0.717) is 23.2 Å². The Hall–Kier alpha value is -2.05. The van der Waals surface area contributed by atoms with Crippen molar-refractivity contribution in [3.05, 3.63) is 65.7 Å². The number of hydrogen-bond acceptors (Lipinski definition) is 1. The normalized spacial score (nSPS) is 26.6. The summed E-state index contributed by atoms with van der Waals surface area (Å²) < 4.78 is 26.1. The van der Waals surface area contributed by atoms with Gasteiger partial charge in [-0.25, -0.2) is 8.78 Å². The van der Waals surface area contributed by atoms with E-state index in [1.165, 1.54) is 30.5 Å². The van der Waals surface area contributed by atoms with Crippen LogP contribution in [-0.4, -0.2) is 23.2 Å². The van der Waals surface area contributed by atoms with Crippen molar-refractivity contribution in [2.45, 2.75) is 50.4 Å². The Morgan fingerprint density at radius 3 is 2.07 bits per heavy atom. The van der Waals surface area contributed by atoms with Crippen molar-refractivity contribution in [3.63, 3.8) is 0 Å². The fourth-order valence-electron chi connectivity index (χ4n) is 4.56. The van der Waals surface area contributed by atoms with Gasteiger partial charge >= 0.3 is 0 Å². The van der Waals surface area contributed by atoms with E-state index >= 15 is 0 Å². The van der Waals surface area contributed by atoms with Crippen molar-refractivity contribution >= 4 is 23.0 Å². The smallest absolute Gasteiger partial charge is 0.171 e. The van der Waals surface area contributed by atoms with Gasteiger partial charge in [-0.15, -0.1) is 0 Å². The van der Waals surface area contributed by atoms with Gasteiger partial charge < -0.3 is 15.5 Å². The Labute approximate surface area is 163 Å². The van der Waals surface area contributed by atoms with E-state index in [2.05, 4.69) is 10.6 Å². The second kappa shape index (κ2) is 7.90. The summed E-state index contributed by atoms with van der Waals surface area (Å²) in [4.78, 5) is 1.62. The molecule has 2 heterocycles. The predicted molar refractivity (Wildman–Crippen MR) is 107 cm³/mol. The lowest BCUT2D eigenvalue weighted by Crippen LogP contribution is -3.17. The standard InChI is InChI=1S/C21H23F2N3S/c22-15-3-1-14(2-4-15)13-26-19-9-10-20(26)12-18(11-19)25-21(27)24-17-7-5-16(23)6-8-17/h1-8,18-20H,9-13H2,(H2,24,25,27)/p+1/t18?,19-,20+. The van der Waals surface area contributed by atoms with Crippen LogP contribution in [0, 0.1) is 11.6 Å². The molecule has 2 saturated heterocycles. The van der Waals surface area contributed by atoms with Gasteiger partial charge in [-0.2, -0.15) is 0 Å². The summed E-state index contributed by atoms with van der Waals surface area (Å²) in [6, 6.07) is 14.7. The fourth-order valence-corrected chi connectivity index (χ4v) is 4.84. The number of quaternary nitrogens is 1. The molecule has 0 aliphatic carbocycles. The highest BCUT2D eigenvalue weighted by atomic mass is 32.1. The van der Waals surface area contributed by atoms with E-state index in [1.54, 1.807) is 29.2 Å². The minimum Gasteiger partial charge on any atom is -0.359 e.